The Balaban J connectivity index is 0.000000654. The normalized spacial score (nSPS) is 12.2. The minimum Gasteiger partial charge on any atom is -0.504 e. The van der Waals surface area contributed by atoms with Gasteiger partial charge in [-0.3, -0.25) is 0 Å². The van der Waals surface area contributed by atoms with Gasteiger partial charge in [0.25, 0.3) is 0 Å². The first-order valence-electron chi connectivity index (χ1n) is 15.0. The van der Waals surface area contributed by atoms with Gasteiger partial charge in [-0.15, -0.1) is 0 Å². The number of carboxylic acid groups (broad SMARTS) is 1. The zero-order valence-corrected chi connectivity index (χ0v) is 27.6. The molecule has 13 nitrogen and oxygen atoms in total. The number of nitrogens with zero attached hydrogens (tertiary/aromatic N) is 1. The predicted octanol–water partition coefficient (Wildman–Crippen LogP) is 5.98. The number of phenols is 2. The number of ether oxygens (including phenoxy) is 4. The molecule has 0 amide bonds. The van der Waals surface area contributed by atoms with Crippen molar-refractivity contribution in [1.82, 2.24) is 4.40 Å². The maximum atomic E-state index is 13.8. The van der Waals surface area contributed by atoms with E-state index >= 15 is 0 Å². The van der Waals surface area contributed by atoms with Crippen molar-refractivity contribution in [2.75, 3.05) is 21.3 Å². The van der Waals surface area contributed by atoms with Crippen LogP contribution in [0.15, 0.2) is 63.9 Å². The number of aliphatic carboxylic acids is 1. The average Bonchev–Trinajstić information content (AvgIpc) is 3.43. The summed E-state index contributed by atoms with van der Waals surface area (Å²) < 4.78 is 61.3. The lowest BCUT2D eigenvalue weighted by Gasteiger charge is -2.16. The van der Waals surface area contributed by atoms with Gasteiger partial charge in [-0.1, -0.05) is 19.9 Å². The molecule has 0 spiro atoms. The van der Waals surface area contributed by atoms with E-state index in [0.717, 1.165) is 0 Å². The lowest BCUT2D eigenvalue weighted by atomic mass is 9.98. The van der Waals surface area contributed by atoms with Gasteiger partial charge in [-0.05, 0) is 53.3 Å². The first kappa shape index (κ1) is 36.1. The molecule has 5 N–H and O–H groups in total. The van der Waals surface area contributed by atoms with Crippen LogP contribution in [0.4, 0.5) is 13.2 Å². The van der Waals surface area contributed by atoms with Gasteiger partial charge in [0, 0.05) is 34.0 Å². The maximum absolute atomic E-state index is 13.8. The van der Waals surface area contributed by atoms with Gasteiger partial charge in [-0.25, -0.2) is 14.4 Å². The highest BCUT2D eigenvalue weighted by Gasteiger charge is 2.38. The molecule has 6 aromatic rings. The predicted molar refractivity (Wildman–Crippen MR) is 179 cm³/mol. The van der Waals surface area contributed by atoms with E-state index in [4.69, 9.17) is 39.0 Å². The molecule has 0 aliphatic rings. The van der Waals surface area contributed by atoms with Crippen molar-refractivity contribution in [2.24, 2.45) is 11.7 Å². The minimum atomic E-state index is -5.08. The minimum absolute atomic E-state index is 0.0396. The molecule has 0 saturated heterocycles. The van der Waals surface area contributed by atoms with E-state index in [-0.39, 0.29) is 51.5 Å². The Labute approximate surface area is 285 Å². The highest BCUT2D eigenvalue weighted by atomic mass is 19.4. The molecule has 0 saturated carbocycles. The lowest BCUT2D eigenvalue weighted by molar-refractivity contribution is -0.192. The molecule has 6 rings (SSSR count). The fourth-order valence-corrected chi connectivity index (χ4v) is 5.48. The summed E-state index contributed by atoms with van der Waals surface area (Å²) in [5, 5.41) is 30.4. The number of carboxylic acids is 1. The summed E-state index contributed by atoms with van der Waals surface area (Å²) in [4.78, 5) is 35.4. The van der Waals surface area contributed by atoms with E-state index in [2.05, 4.69) is 0 Å². The number of rotatable bonds is 7. The first-order chi connectivity index (χ1) is 24.0. The Kier molecular flexibility index (Phi) is 9.65. The molecule has 0 bridgehead atoms. The van der Waals surface area contributed by atoms with Crippen molar-refractivity contribution < 1.29 is 61.4 Å². The number of hydrogen-bond acceptors (Lipinski definition) is 11. The van der Waals surface area contributed by atoms with Crippen LogP contribution >= 0.6 is 0 Å². The SMILES string of the molecule is COc1cc(-c2c3c4cc(OC)c(OC(=O)[C@@H](N)C(C)C)cc4oc(=O)c3n3ccc4cc(O)c(OC)cc4c23)ccc1O.O=C(O)C(F)(F)F. The number of methoxy groups -OCH3 is 3. The maximum Gasteiger partial charge on any atom is 0.490 e. The van der Waals surface area contributed by atoms with E-state index in [1.807, 2.05) is 0 Å². The van der Waals surface area contributed by atoms with Crippen molar-refractivity contribution in [2.45, 2.75) is 26.1 Å². The van der Waals surface area contributed by atoms with Crippen LogP contribution in [0.2, 0.25) is 0 Å². The number of fused-ring (bicyclic) bond motifs is 7. The standard InChI is InChI=1S/C33H30N2O9.C2HF3O2/c1-15(2)29(34)32(38)44-26-14-22-19(13-25(26)42-5)28-27(17-6-7-20(36)23(11-17)40-3)30-18-12-24(41-4)21(37)10-16(18)8-9-35(30)31(28)33(39)43-22;3-2(4,5)1(6)7/h6-15,29,36-37H,34H2,1-5H3;(H,6,7)/t29-;/m0./s1. The van der Waals surface area contributed by atoms with Gasteiger partial charge < -0.3 is 48.8 Å². The molecule has 0 unspecified atom stereocenters. The molecular formula is C35H31F3N2O11. The average molecular weight is 713 g/mol. The van der Waals surface area contributed by atoms with Crippen molar-refractivity contribution in [1.29, 1.82) is 0 Å². The van der Waals surface area contributed by atoms with Crippen molar-refractivity contribution in [3.63, 3.8) is 0 Å². The molecule has 1 atom stereocenters. The number of carbonyl (C=O) groups excluding carboxylic acids is 1. The van der Waals surface area contributed by atoms with Crippen LogP contribution in [0.25, 0.3) is 49.3 Å². The topological polar surface area (TPSA) is 192 Å². The smallest absolute Gasteiger partial charge is 0.490 e. The van der Waals surface area contributed by atoms with Crippen molar-refractivity contribution >= 4 is 50.1 Å². The fourth-order valence-electron chi connectivity index (χ4n) is 5.48. The van der Waals surface area contributed by atoms with Gasteiger partial charge in [0.05, 0.1) is 26.8 Å². The second kappa shape index (κ2) is 13.6. The fraction of sp³-hybridized carbons (Fsp3) is 0.229. The highest BCUT2D eigenvalue weighted by Crippen LogP contribution is 2.46. The van der Waals surface area contributed by atoms with Crippen LogP contribution in [-0.4, -0.2) is 65.2 Å². The molecule has 16 heteroatoms. The summed E-state index contributed by atoms with van der Waals surface area (Å²) in [6.07, 6.45) is -3.36. The molecule has 3 heterocycles. The summed E-state index contributed by atoms with van der Waals surface area (Å²) in [6, 6.07) is 12.1. The molecule has 0 radical (unpaired) electrons. The van der Waals surface area contributed by atoms with Crippen molar-refractivity contribution in [3.05, 3.63) is 65.1 Å². The molecule has 0 fully saturated rings. The third-order valence-corrected chi connectivity index (χ3v) is 8.06. The first-order valence-corrected chi connectivity index (χ1v) is 15.0. The number of aromatic hydroxyl groups is 2. The van der Waals surface area contributed by atoms with E-state index < -0.39 is 29.8 Å². The molecule has 268 valence electrons. The number of halogens is 3. The quantitative estimate of drug-likeness (QED) is 0.0862. The summed E-state index contributed by atoms with van der Waals surface area (Å²) in [5.41, 5.74) is 7.58. The number of carbonyl (C=O) groups is 2. The van der Waals surface area contributed by atoms with Gasteiger partial charge in [-0.2, -0.15) is 13.2 Å². The summed E-state index contributed by atoms with van der Waals surface area (Å²) in [7, 11) is 4.33. The number of aromatic nitrogens is 1. The van der Waals surface area contributed by atoms with E-state index in [1.165, 1.54) is 33.5 Å². The number of pyridine rings is 1. The van der Waals surface area contributed by atoms with Crippen LogP contribution in [0.1, 0.15) is 13.8 Å². The number of benzene rings is 3. The zero-order chi connectivity index (χ0) is 37.5. The number of phenolic OH excluding ortho intramolecular Hbond substituents is 2. The zero-order valence-electron chi connectivity index (χ0n) is 27.6. The Hall–Kier alpha value is -6.16. The Morgan fingerprint density at radius 1 is 0.843 bits per heavy atom. The molecule has 3 aromatic heterocycles. The van der Waals surface area contributed by atoms with Gasteiger partial charge in [0.2, 0.25) is 0 Å². The highest BCUT2D eigenvalue weighted by molar-refractivity contribution is 6.22. The molecular weight excluding hydrogens is 681 g/mol. The third kappa shape index (κ3) is 6.60. The van der Waals surface area contributed by atoms with Crippen LogP contribution in [0.3, 0.4) is 0 Å². The monoisotopic (exact) mass is 712 g/mol. The number of hydrogen-bond donors (Lipinski definition) is 4. The lowest BCUT2D eigenvalue weighted by Crippen LogP contribution is -2.38. The van der Waals surface area contributed by atoms with Gasteiger partial charge in [0.15, 0.2) is 34.5 Å². The molecule has 3 aromatic carbocycles. The second-order valence-corrected chi connectivity index (χ2v) is 11.5. The third-order valence-electron chi connectivity index (χ3n) is 8.06. The molecule has 0 aliphatic heterocycles. The number of alkyl halides is 3. The van der Waals surface area contributed by atoms with Crippen LogP contribution < -0.4 is 30.3 Å². The van der Waals surface area contributed by atoms with Gasteiger partial charge >= 0.3 is 23.7 Å². The van der Waals surface area contributed by atoms with Crippen LogP contribution in [0, 0.1) is 5.92 Å². The van der Waals surface area contributed by atoms with E-state index in [0.29, 0.717) is 38.2 Å². The van der Waals surface area contributed by atoms with Crippen LogP contribution in [-0.2, 0) is 9.59 Å². The number of nitrogens with two attached hydrogens (primary N) is 1. The van der Waals surface area contributed by atoms with E-state index in [9.17, 15) is 33.0 Å². The number of esters is 1. The largest absolute Gasteiger partial charge is 0.504 e. The summed E-state index contributed by atoms with van der Waals surface area (Å²) in [5.74, 6) is -2.94. The van der Waals surface area contributed by atoms with Crippen molar-refractivity contribution in [3.8, 4) is 45.6 Å². The molecule has 0 aliphatic carbocycles. The Bertz CT molecular complexity index is 2400. The van der Waals surface area contributed by atoms with E-state index in [1.54, 1.807) is 60.8 Å². The van der Waals surface area contributed by atoms with Crippen LogP contribution in [0.5, 0.6) is 34.5 Å². The summed E-state index contributed by atoms with van der Waals surface area (Å²) in [6.45, 7) is 3.61. The molecule has 51 heavy (non-hydrogen) atoms. The van der Waals surface area contributed by atoms with Gasteiger partial charge in [0.1, 0.15) is 17.1 Å². The Morgan fingerprint density at radius 2 is 1.45 bits per heavy atom. The Morgan fingerprint density at radius 3 is 2.04 bits per heavy atom. The summed E-state index contributed by atoms with van der Waals surface area (Å²) >= 11 is 0. The second-order valence-electron chi connectivity index (χ2n) is 11.5.